The molecule has 0 aliphatic heterocycles. The molecule has 0 saturated carbocycles. The van der Waals surface area contributed by atoms with Gasteiger partial charge in [-0.15, -0.1) is 0 Å². The Kier molecular flexibility index (Phi) is 3.54. The molecule has 1 atom stereocenters. The molecular formula is C13H16N2O2. The van der Waals surface area contributed by atoms with Crippen molar-refractivity contribution in [2.45, 2.75) is 32.4 Å². The third-order valence-electron chi connectivity index (χ3n) is 2.75. The first kappa shape index (κ1) is 11.8. The van der Waals surface area contributed by atoms with Gasteiger partial charge >= 0.3 is 0 Å². The van der Waals surface area contributed by atoms with Crippen LogP contribution in [-0.4, -0.2) is 21.0 Å². The highest BCUT2D eigenvalue weighted by atomic mass is 16.3. The fraction of sp³-hybridized carbons (Fsp3) is 0.385. The number of nitrogens with zero attached hydrogens (tertiary/aromatic N) is 2. The molecule has 1 unspecified atom stereocenters. The van der Waals surface area contributed by atoms with E-state index >= 15 is 0 Å². The Morgan fingerprint density at radius 2 is 2.18 bits per heavy atom. The van der Waals surface area contributed by atoms with E-state index in [2.05, 4.69) is 5.10 Å². The van der Waals surface area contributed by atoms with Crippen LogP contribution in [0.5, 0.6) is 0 Å². The summed E-state index contributed by atoms with van der Waals surface area (Å²) in [6, 6.07) is 7.43. The number of aliphatic hydroxyl groups excluding tert-OH is 1. The molecule has 4 heteroatoms. The maximum absolute atomic E-state index is 12.0. The first-order valence-corrected chi connectivity index (χ1v) is 5.81. The minimum atomic E-state index is -0.328. The third-order valence-corrected chi connectivity index (χ3v) is 2.75. The summed E-state index contributed by atoms with van der Waals surface area (Å²) in [7, 11) is 0. The lowest BCUT2D eigenvalue weighted by atomic mass is 10.2. The maximum Gasteiger partial charge on any atom is 0.274 e. The van der Waals surface area contributed by atoms with E-state index in [1.807, 2.05) is 24.3 Å². The summed E-state index contributed by atoms with van der Waals surface area (Å²) in [5.74, 6) is 0. The van der Waals surface area contributed by atoms with Crippen molar-refractivity contribution in [3.05, 3.63) is 40.8 Å². The van der Waals surface area contributed by atoms with Crippen molar-refractivity contribution < 1.29 is 5.11 Å². The van der Waals surface area contributed by atoms with Crippen LogP contribution in [0, 0.1) is 0 Å². The highest BCUT2D eigenvalue weighted by Crippen LogP contribution is 2.06. The zero-order valence-corrected chi connectivity index (χ0v) is 9.84. The monoisotopic (exact) mass is 232 g/mol. The standard InChI is InChI=1S/C13H16N2O2/c1-10(16)5-4-8-15-13(17)12-7-3-2-6-11(12)9-14-15/h2-3,6-7,9-10,16H,4-5,8H2,1H3. The molecule has 0 bridgehead atoms. The first-order chi connectivity index (χ1) is 8.18. The van der Waals surface area contributed by atoms with Gasteiger partial charge in [-0.3, -0.25) is 4.79 Å². The Morgan fingerprint density at radius 1 is 1.41 bits per heavy atom. The van der Waals surface area contributed by atoms with Gasteiger partial charge in [-0.2, -0.15) is 5.10 Å². The average Bonchev–Trinajstić information content (AvgIpc) is 2.32. The zero-order chi connectivity index (χ0) is 12.3. The SMILES string of the molecule is CC(O)CCCn1ncc2ccccc2c1=O. The lowest BCUT2D eigenvalue weighted by molar-refractivity contribution is 0.178. The van der Waals surface area contributed by atoms with Crippen molar-refractivity contribution in [3.8, 4) is 0 Å². The van der Waals surface area contributed by atoms with Gasteiger partial charge < -0.3 is 5.11 Å². The van der Waals surface area contributed by atoms with Crippen LogP contribution in [0.2, 0.25) is 0 Å². The second kappa shape index (κ2) is 5.10. The van der Waals surface area contributed by atoms with Gasteiger partial charge in [0, 0.05) is 11.9 Å². The summed E-state index contributed by atoms with van der Waals surface area (Å²) in [5.41, 5.74) is -0.0614. The molecule has 4 nitrogen and oxygen atoms in total. The number of aromatic nitrogens is 2. The first-order valence-electron chi connectivity index (χ1n) is 5.81. The van der Waals surface area contributed by atoms with Crippen LogP contribution < -0.4 is 5.56 Å². The van der Waals surface area contributed by atoms with E-state index in [1.165, 1.54) is 4.68 Å². The Balaban J connectivity index is 2.24. The van der Waals surface area contributed by atoms with Gasteiger partial charge in [0.2, 0.25) is 0 Å². The Labute approximate surface area is 99.5 Å². The van der Waals surface area contributed by atoms with Crippen molar-refractivity contribution in [1.29, 1.82) is 0 Å². The van der Waals surface area contributed by atoms with E-state index in [1.54, 1.807) is 13.1 Å². The smallest absolute Gasteiger partial charge is 0.274 e. The summed E-state index contributed by atoms with van der Waals surface area (Å²) < 4.78 is 1.46. The van der Waals surface area contributed by atoms with E-state index in [4.69, 9.17) is 5.11 Å². The number of aryl methyl sites for hydroxylation is 1. The molecule has 0 aliphatic carbocycles. The van der Waals surface area contributed by atoms with Crippen molar-refractivity contribution in [3.63, 3.8) is 0 Å². The molecule has 0 radical (unpaired) electrons. The fourth-order valence-corrected chi connectivity index (χ4v) is 1.82. The van der Waals surface area contributed by atoms with Crippen LogP contribution >= 0.6 is 0 Å². The van der Waals surface area contributed by atoms with Gasteiger partial charge in [0.15, 0.2) is 0 Å². The van der Waals surface area contributed by atoms with Crippen molar-refractivity contribution >= 4 is 10.8 Å². The zero-order valence-electron chi connectivity index (χ0n) is 9.84. The number of hydrogen-bond donors (Lipinski definition) is 1. The van der Waals surface area contributed by atoms with Gasteiger partial charge in [-0.25, -0.2) is 4.68 Å². The Bertz CT molecular complexity index is 561. The number of hydrogen-bond acceptors (Lipinski definition) is 3. The normalized spacial score (nSPS) is 12.8. The van der Waals surface area contributed by atoms with Crippen molar-refractivity contribution in [2.24, 2.45) is 0 Å². The summed E-state index contributed by atoms with van der Waals surface area (Å²) in [4.78, 5) is 12.0. The Morgan fingerprint density at radius 3 is 2.94 bits per heavy atom. The van der Waals surface area contributed by atoms with Crippen LogP contribution in [-0.2, 0) is 6.54 Å². The van der Waals surface area contributed by atoms with E-state index < -0.39 is 0 Å². The van der Waals surface area contributed by atoms with Gasteiger partial charge in [-0.05, 0) is 25.8 Å². The predicted molar refractivity (Wildman–Crippen MR) is 66.9 cm³/mol. The molecule has 1 aromatic carbocycles. The largest absolute Gasteiger partial charge is 0.393 e. The molecule has 1 heterocycles. The molecule has 1 N–H and O–H groups in total. The molecule has 2 rings (SSSR count). The molecule has 0 amide bonds. The number of fused-ring (bicyclic) bond motifs is 1. The number of benzene rings is 1. The van der Waals surface area contributed by atoms with E-state index in [9.17, 15) is 4.79 Å². The number of aliphatic hydroxyl groups is 1. The number of rotatable bonds is 4. The maximum atomic E-state index is 12.0. The summed E-state index contributed by atoms with van der Waals surface area (Å²) in [6.07, 6.45) is 2.81. The second-order valence-corrected chi connectivity index (χ2v) is 4.25. The molecule has 0 aliphatic rings. The van der Waals surface area contributed by atoms with Crippen molar-refractivity contribution in [1.82, 2.24) is 9.78 Å². The van der Waals surface area contributed by atoms with Crippen LogP contribution in [0.15, 0.2) is 35.3 Å². The summed E-state index contributed by atoms with van der Waals surface area (Å²) in [6.45, 7) is 2.30. The average molecular weight is 232 g/mol. The van der Waals surface area contributed by atoms with Crippen LogP contribution in [0.3, 0.4) is 0 Å². The van der Waals surface area contributed by atoms with Gasteiger partial charge in [-0.1, -0.05) is 18.2 Å². The summed E-state index contributed by atoms with van der Waals surface area (Å²) in [5, 5.41) is 14.8. The molecule has 2 aromatic rings. The van der Waals surface area contributed by atoms with Crippen LogP contribution in [0.25, 0.3) is 10.8 Å². The third kappa shape index (κ3) is 2.71. The van der Waals surface area contributed by atoms with E-state index in [-0.39, 0.29) is 11.7 Å². The van der Waals surface area contributed by atoms with Gasteiger partial charge in [0.25, 0.3) is 5.56 Å². The van der Waals surface area contributed by atoms with Crippen molar-refractivity contribution in [2.75, 3.05) is 0 Å². The highest BCUT2D eigenvalue weighted by Gasteiger charge is 2.03. The van der Waals surface area contributed by atoms with E-state index in [0.29, 0.717) is 18.4 Å². The predicted octanol–water partition coefficient (Wildman–Crippen LogP) is 1.56. The highest BCUT2D eigenvalue weighted by molar-refractivity contribution is 5.80. The molecule has 0 saturated heterocycles. The quantitative estimate of drug-likeness (QED) is 0.870. The second-order valence-electron chi connectivity index (χ2n) is 4.25. The lowest BCUT2D eigenvalue weighted by Crippen LogP contribution is -2.23. The minimum absolute atomic E-state index is 0.0614. The molecule has 17 heavy (non-hydrogen) atoms. The van der Waals surface area contributed by atoms with Crippen LogP contribution in [0.4, 0.5) is 0 Å². The van der Waals surface area contributed by atoms with Gasteiger partial charge in [0.05, 0.1) is 17.7 Å². The van der Waals surface area contributed by atoms with Crippen LogP contribution in [0.1, 0.15) is 19.8 Å². The molecule has 0 fully saturated rings. The molecular weight excluding hydrogens is 216 g/mol. The minimum Gasteiger partial charge on any atom is -0.393 e. The lowest BCUT2D eigenvalue weighted by Gasteiger charge is -2.06. The fourth-order valence-electron chi connectivity index (χ4n) is 1.82. The molecule has 0 spiro atoms. The summed E-state index contributed by atoms with van der Waals surface area (Å²) >= 11 is 0. The molecule has 90 valence electrons. The van der Waals surface area contributed by atoms with Gasteiger partial charge in [0.1, 0.15) is 0 Å². The Hall–Kier alpha value is -1.68. The topological polar surface area (TPSA) is 55.1 Å². The van der Waals surface area contributed by atoms with E-state index in [0.717, 1.165) is 11.8 Å². The molecule has 1 aromatic heterocycles.